The molecule has 168 valence electrons. The summed E-state index contributed by atoms with van der Waals surface area (Å²) in [5.74, 6) is -9.80. The minimum atomic E-state index is -5.66. The molecule has 0 unspecified atom stereocenters. The van der Waals surface area contributed by atoms with Crippen LogP contribution in [0.3, 0.4) is 0 Å². The van der Waals surface area contributed by atoms with E-state index in [2.05, 4.69) is 0 Å². The second-order valence-corrected chi connectivity index (χ2v) is 7.69. The van der Waals surface area contributed by atoms with Crippen LogP contribution in [0.2, 0.25) is 0 Å². The number of halogens is 8. The fourth-order valence-corrected chi connectivity index (χ4v) is 3.80. The molecule has 30 heavy (non-hydrogen) atoms. The van der Waals surface area contributed by atoms with Gasteiger partial charge in [0.05, 0.1) is 13.2 Å². The monoisotopic (exact) mass is 444 g/mol. The molecule has 1 aliphatic carbocycles. The number of alkyl halides is 5. The van der Waals surface area contributed by atoms with Crippen LogP contribution in [-0.2, 0) is 9.47 Å². The van der Waals surface area contributed by atoms with Crippen molar-refractivity contribution in [2.45, 2.75) is 50.0 Å². The van der Waals surface area contributed by atoms with Crippen molar-refractivity contribution in [3.05, 3.63) is 47.3 Å². The first-order chi connectivity index (χ1) is 14.0. The van der Waals surface area contributed by atoms with Gasteiger partial charge in [0.15, 0.2) is 23.7 Å². The van der Waals surface area contributed by atoms with E-state index in [-0.39, 0.29) is 31.1 Å². The van der Waals surface area contributed by atoms with Gasteiger partial charge in [-0.15, -0.1) is 0 Å². The summed E-state index contributed by atoms with van der Waals surface area (Å²) in [6.07, 6.45) is -3.38. The number of hydrogen-bond acceptors (Lipinski definition) is 2. The molecule has 1 saturated carbocycles. The van der Waals surface area contributed by atoms with Gasteiger partial charge in [-0.1, -0.05) is 6.08 Å². The van der Waals surface area contributed by atoms with E-state index in [9.17, 15) is 35.1 Å². The van der Waals surface area contributed by atoms with Gasteiger partial charge >= 0.3 is 12.1 Å². The van der Waals surface area contributed by atoms with Crippen LogP contribution in [0, 0.1) is 29.3 Å². The zero-order valence-electron chi connectivity index (χ0n) is 15.7. The van der Waals surface area contributed by atoms with Gasteiger partial charge in [0.2, 0.25) is 0 Å². The molecule has 1 aromatic rings. The van der Waals surface area contributed by atoms with Gasteiger partial charge in [-0.3, -0.25) is 0 Å². The van der Waals surface area contributed by atoms with Crippen LogP contribution in [0.1, 0.15) is 37.2 Å². The normalized spacial score (nSPS) is 28.8. The molecule has 2 fully saturated rings. The highest BCUT2D eigenvalue weighted by Gasteiger charge is 2.55. The van der Waals surface area contributed by atoms with Crippen molar-refractivity contribution in [3.63, 3.8) is 0 Å². The zero-order chi connectivity index (χ0) is 22.1. The van der Waals surface area contributed by atoms with E-state index in [1.807, 2.05) is 0 Å². The van der Waals surface area contributed by atoms with E-state index in [0.29, 0.717) is 31.2 Å². The van der Waals surface area contributed by atoms with E-state index in [1.165, 1.54) is 0 Å². The van der Waals surface area contributed by atoms with Crippen molar-refractivity contribution < 1.29 is 44.6 Å². The van der Waals surface area contributed by atoms with Gasteiger partial charge in [0, 0.05) is 11.8 Å². The Kier molecular flexibility index (Phi) is 6.76. The topological polar surface area (TPSA) is 18.5 Å². The van der Waals surface area contributed by atoms with Crippen LogP contribution >= 0.6 is 0 Å². The Labute approximate surface area is 167 Å². The van der Waals surface area contributed by atoms with Gasteiger partial charge in [-0.25, -0.2) is 13.2 Å². The van der Waals surface area contributed by atoms with Crippen LogP contribution in [0.15, 0.2) is 24.3 Å². The van der Waals surface area contributed by atoms with E-state index in [4.69, 9.17) is 9.47 Å². The van der Waals surface area contributed by atoms with E-state index in [1.54, 1.807) is 0 Å². The predicted octanol–water partition coefficient (Wildman–Crippen LogP) is 6.12. The molecule has 2 nitrogen and oxygen atoms in total. The Morgan fingerprint density at radius 1 is 0.833 bits per heavy atom. The van der Waals surface area contributed by atoms with Crippen molar-refractivity contribution in [1.82, 2.24) is 0 Å². The highest BCUT2D eigenvalue weighted by atomic mass is 19.4. The number of rotatable bonds is 4. The second kappa shape index (κ2) is 8.82. The van der Waals surface area contributed by atoms with Crippen LogP contribution in [-0.4, -0.2) is 31.6 Å². The number of ether oxygens (including phenoxy) is 2. The quantitative estimate of drug-likeness (QED) is 0.317. The van der Waals surface area contributed by atoms with Gasteiger partial charge in [0.1, 0.15) is 0 Å². The van der Waals surface area contributed by atoms with Crippen molar-refractivity contribution >= 4 is 0 Å². The standard InChI is InChI=1S/C20H20F8O2/c21-15-7-14(8-16(22)17(15)23)12-1-3-13(4-2-12)18-29-9-11(10-30-18)5-6-19(24,25)20(26,27)28/h5-8,11-13,18H,1-4,9-10H2. The maximum absolute atomic E-state index is 13.4. The van der Waals surface area contributed by atoms with E-state index in [0.717, 1.165) is 18.2 Å². The van der Waals surface area contributed by atoms with E-state index < -0.39 is 41.8 Å². The molecule has 2 aliphatic rings. The van der Waals surface area contributed by atoms with Crippen LogP contribution in [0.25, 0.3) is 0 Å². The van der Waals surface area contributed by atoms with Crippen LogP contribution < -0.4 is 0 Å². The number of allylic oxidation sites excluding steroid dienone is 1. The lowest BCUT2D eigenvalue weighted by Crippen LogP contribution is -2.38. The third-order valence-corrected chi connectivity index (χ3v) is 5.54. The SMILES string of the molecule is Fc1cc(C2CCC(C3OCC(C=CC(F)(F)C(F)(F)F)CO3)CC2)cc(F)c1F. The third kappa shape index (κ3) is 5.14. The molecule has 0 radical (unpaired) electrons. The molecule has 0 amide bonds. The van der Waals surface area contributed by atoms with E-state index >= 15 is 0 Å². The lowest BCUT2D eigenvalue weighted by atomic mass is 9.78. The summed E-state index contributed by atoms with van der Waals surface area (Å²) in [6.45, 7) is -0.104. The van der Waals surface area contributed by atoms with Gasteiger partial charge < -0.3 is 9.47 Å². The summed E-state index contributed by atoms with van der Waals surface area (Å²) in [7, 11) is 0. The molecule has 1 heterocycles. The Bertz CT molecular complexity index is 738. The summed E-state index contributed by atoms with van der Waals surface area (Å²) < 4.78 is 113. The first-order valence-corrected chi connectivity index (χ1v) is 9.49. The minimum Gasteiger partial charge on any atom is -0.352 e. The first kappa shape index (κ1) is 23.0. The average molecular weight is 444 g/mol. The fraction of sp³-hybridized carbons (Fsp3) is 0.600. The van der Waals surface area contributed by atoms with Gasteiger partial charge in [-0.05, 0) is 55.4 Å². The zero-order valence-corrected chi connectivity index (χ0v) is 15.7. The van der Waals surface area contributed by atoms with Crippen molar-refractivity contribution in [1.29, 1.82) is 0 Å². The molecular weight excluding hydrogens is 424 g/mol. The summed E-state index contributed by atoms with van der Waals surface area (Å²) in [5.41, 5.74) is 0.381. The minimum absolute atomic E-state index is 0.0436. The average Bonchev–Trinajstić information content (AvgIpc) is 2.70. The maximum atomic E-state index is 13.4. The highest BCUT2D eigenvalue weighted by molar-refractivity contribution is 5.23. The number of benzene rings is 1. The smallest absolute Gasteiger partial charge is 0.352 e. The molecule has 1 aliphatic heterocycles. The summed E-state index contributed by atoms with van der Waals surface area (Å²) in [5, 5.41) is 0. The van der Waals surface area contributed by atoms with Crippen molar-refractivity contribution in [2.75, 3.05) is 13.2 Å². The molecule has 0 spiro atoms. The Hall–Kier alpha value is -1.68. The Morgan fingerprint density at radius 2 is 1.37 bits per heavy atom. The van der Waals surface area contributed by atoms with Crippen LogP contribution in [0.5, 0.6) is 0 Å². The first-order valence-electron chi connectivity index (χ1n) is 9.49. The molecule has 3 rings (SSSR count). The fourth-order valence-electron chi connectivity index (χ4n) is 3.80. The van der Waals surface area contributed by atoms with Crippen molar-refractivity contribution in [2.24, 2.45) is 11.8 Å². The Balaban J connectivity index is 1.49. The maximum Gasteiger partial charge on any atom is 0.457 e. The molecule has 10 heteroatoms. The summed E-state index contributed by atoms with van der Waals surface area (Å²) >= 11 is 0. The predicted molar refractivity (Wildman–Crippen MR) is 90.3 cm³/mol. The Morgan fingerprint density at radius 3 is 1.87 bits per heavy atom. The molecule has 0 aromatic heterocycles. The second-order valence-electron chi connectivity index (χ2n) is 7.69. The van der Waals surface area contributed by atoms with Gasteiger partial charge in [0.25, 0.3) is 0 Å². The molecule has 0 bridgehead atoms. The molecular formula is C20H20F8O2. The van der Waals surface area contributed by atoms with Gasteiger partial charge in [-0.2, -0.15) is 22.0 Å². The highest BCUT2D eigenvalue weighted by Crippen LogP contribution is 2.40. The largest absolute Gasteiger partial charge is 0.457 e. The molecule has 1 saturated heterocycles. The molecule has 0 atom stereocenters. The van der Waals surface area contributed by atoms with Crippen LogP contribution in [0.4, 0.5) is 35.1 Å². The summed E-state index contributed by atoms with van der Waals surface area (Å²) in [4.78, 5) is 0. The van der Waals surface area contributed by atoms with Crippen molar-refractivity contribution in [3.8, 4) is 0 Å². The number of hydrogen-bond donors (Lipinski definition) is 0. The lowest BCUT2D eigenvalue weighted by molar-refractivity contribution is -0.259. The summed E-state index contributed by atoms with van der Waals surface area (Å²) in [6, 6.07) is 1.98. The third-order valence-electron chi connectivity index (χ3n) is 5.54. The lowest BCUT2D eigenvalue weighted by Gasteiger charge is -2.37. The molecule has 0 N–H and O–H groups in total. The molecule has 1 aromatic carbocycles.